The van der Waals surface area contributed by atoms with Gasteiger partial charge < -0.3 is 4.90 Å². The van der Waals surface area contributed by atoms with E-state index >= 15 is 0 Å². The van der Waals surface area contributed by atoms with Crippen molar-refractivity contribution in [2.75, 3.05) is 4.90 Å². The first-order valence-electron chi connectivity index (χ1n) is 24.0. The Bertz CT molecular complexity index is 2680. The summed E-state index contributed by atoms with van der Waals surface area (Å²) in [5, 5.41) is 2.62. The highest BCUT2D eigenvalue weighted by atomic mass is 15.1. The van der Waals surface area contributed by atoms with E-state index in [9.17, 15) is 0 Å². The third-order valence-corrected chi connectivity index (χ3v) is 18.2. The lowest BCUT2D eigenvalue weighted by molar-refractivity contribution is -0.0399. The average molecular weight is 800 g/mol. The number of hydrogen-bond acceptors (Lipinski definition) is 1. The molecule has 1 heteroatoms. The minimum Gasteiger partial charge on any atom is -0.310 e. The fraction of sp³-hybridized carbons (Fsp3) is 0.433. The molecule has 4 fully saturated rings. The van der Waals surface area contributed by atoms with Gasteiger partial charge in [0.15, 0.2) is 0 Å². The molecule has 0 aromatic heterocycles. The molecule has 0 amide bonds. The van der Waals surface area contributed by atoms with E-state index in [4.69, 9.17) is 0 Å². The molecule has 0 N–H and O–H groups in total. The number of nitrogens with zero attached hydrogens (tertiary/aromatic N) is 1. The molecule has 4 bridgehead atoms. The monoisotopic (exact) mass is 800 g/mol. The lowest BCUT2D eigenvalue weighted by atomic mass is 9.43. The topological polar surface area (TPSA) is 3.24 Å². The molecule has 7 aliphatic carbocycles. The quantitative estimate of drug-likeness (QED) is 0.172. The van der Waals surface area contributed by atoms with Crippen LogP contribution in [0.1, 0.15) is 147 Å². The number of fused-ring (bicyclic) bond motifs is 6. The first-order valence-corrected chi connectivity index (χ1v) is 24.0. The van der Waals surface area contributed by atoms with Crippen molar-refractivity contribution in [1.82, 2.24) is 0 Å². The summed E-state index contributed by atoms with van der Waals surface area (Å²) >= 11 is 0. The van der Waals surface area contributed by atoms with Gasteiger partial charge in [0.1, 0.15) is 0 Å². The van der Waals surface area contributed by atoms with Crippen LogP contribution in [0.25, 0.3) is 33.0 Å². The summed E-state index contributed by atoms with van der Waals surface area (Å²) in [7, 11) is 0. The lowest BCUT2D eigenvalue weighted by Crippen LogP contribution is -2.55. The van der Waals surface area contributed by atoms with E-state index in [1.165, 1.54) is 130 Å². The third kappa shape index (κ3) is 5.37. The van der Waals surface area contributed by atoms with Gasteiger partial charge in [-0.3, -0.25) is 0 Å². The van der Waals surface area contributed by atoms with Crippen molar-refractivity contribution >= 4 is 27.8 Å². The van der Waals surface area contributed by atoms with Crippen LogP contribution in [0.5, 0.6) is 0 Å². The molecule has 6 aromatic carbocycles. The molecule has 61 heavy (non-hydrogen) atoms. The number of benzene rings is 6. The van der Waals surface area contributed by atoms with Gasteiger partial charge in [0.05, 0.1) is 5.69 Å². The van der Waals surface area contributed by atoms with Gasteiger partial charge in [-0.15, -0.1) is 0 Å². The first kappa shape index (κ1) is 38.1. The van der Waals surface area contributed by atoms with E-state index in [-0.39, 0.29) is 27.1 Å². The molecule has 13 rings (SSSR count). The van der Waals surface area contributed by atoms with Crippen LogP contribution in [-0.4, -0.2) is 0 Å². The Balaban J connectivity index is 1.19. The molecule has 6 aromatic rings. The van der Waals surface area contributed by atoms with Gasteiger partial charge in [-0.2, -0.15) is 0 Å². The van der Waals surface area contributed by atoms with E-state index in [2.05, 4.69) is 176 Å². The van der Waals surface area contributed by atoms with E-state index in [0.29, 0.717) is 11.8 Å². The average Bonchev–Trinajstić information content (AvgIpc) is 3.52. The van der Waals surface area contributed by atoms with Crippen molar-refractivity contribution in [3.8, 4) is 22.3 Å². The van der Waals surface area contributed by atoms with Crippen molar-refractivity contribution in [3.05, 3.63) is 149 Å². The van der Waals surface area contributed by atoms with E-state index in [1.807, 2.05) is 0 Å². The molecule has 4 saturated carbocycles. The Hall–Kier alpha value is -4.62. The Morgan fingerprint density at radius 3 is 1.51 bits per heavy atom. The normalized spacial score (nSPS) is 27.7. The van der Waals surface area contributed by atoms with Gasteiger partial charge in [0.2, 0.25) is 0 Å². The molecule has 0 heterocycles. The van der Waals surface area contributed by atoms with E-state index in [0.717, 1.165) is 11.8 Å². The van der Waals surface area contributed by atoms with Crippen molar-refractivity contribution in [3.63, 3.8) is 0 Å². The standard InChI is InChI=1S/C60H65N/c1-56(2)24-26-58(5,6)53-33-42(20-22-50(53)56)61(43-21-23-51-54(34-43)59(7,8)27-25-57(51,3)4)55-36-52-47(35-48(55)45-18-13-15-39-14-9-10-16-44(39)45)46-17-11-12-19-49(46)60(52)40-29-37-28-38(31-40)32-41(60)30-37/h9-23,33-38,40-41H,24-32H2,1-8H3. The molecule has 310 valence electrons. The van der Waals surface area contributed by atoms with Crippen LogP contribution in [0.2, 0.25) is 0 Å². The number of rotatable bonds is 4. The maximum Gasteiger partial charge on any atom is 0.0543 e. The van der Waals surface area contributed by atoms with E-state index < -0.39 is 0 Å². The minimum absolute atomic E-state index is 0.0702. The molecular formula is C60H65N. The second-order valence-electron chi connectivity index (χ2n) is 23.5. The SMILES string of the molecule is CC1(C)CCC(C)(C)c2cc(N(c3ccc4c(c3)C(C)(C)CCC4(C)C)c3cc4c(cc3-c3cccc5ccccc35)-c3ccccc3C43C4CC5CC(C4)CC3C5)ccc21. The molecule has 1 spiro atoms. The van der Waals surface area contributed by atoms with Crippen LogP contribution in [0.4, 0.5) is 17.1 Å². The summed E-state index contributed by atoms with van der Waals surface area (Å²) in [5.74, 6) is 3.21. The van der Waals surface area contributed by atoms with Crippen LogP contribution in [0, 0.1) is 23.7 Å². The molecule has 0 unspecified atom stereocenters. The van der Waals surface area contributed by atoms with Crippen LogP contribution >= 0.6 is 0 Å². The minimum atomic E-state index is 0.0702. The Kier molecular flexibility index (Phi) is 7.95. The van der Waals surface area contributed by atoms with Gasteiger partial charge >= 0.3 is 0 Å². The number of anilines is 3. The fourth-order valence-corrected chi connectivity index (χ4v) is 14.9. The summed E-state index contributed by atoms with van der Waals surface area (Å²) in [6.45, 7) is 19.8. The van der Waals surface area contributed by atoms with Gasteiger partial charge in [-0.05, 0) is 200 Å². The fourth-order valence-electron chi connectivity index (χ4n) is 14.9. The maximum absolute atomic E-state index is 2.78. The van der Waals surface area contributed by atoms with Crippen LogP contribution in [0.3, 0.4) is 0 Å². The lowest BCUT2D eigenvalue weighted by Gasteiger charge is -2.61. The van der Waals surface area contributed by atoms with Gasteiger partial charge in [0, 0.05) is 22.4 Å². The van der Waals surface area contributed by atoms with Crippen molar-refractivity contribution in [2.24, 2.45) is 23.7 Å². The summed E-state index contributed by atoms with van der Waals surface area (Å²) in [6.07, 6.45) is 11.8. The second-order valence-corrected chi connectivity index (χ2v) is 23.5. The highest BCUT2D eigenvalue weighted by Crippen LogP contribution is 2.70. The highest BCUT2D eigenvalue weighted by molar-refractivity contribution is 6.04. The van der Waals surface area contributed by atoms with Crippen LogP contribution in [-0.2, 0) is 27.1 Å². The summed E-state index contributed by atoms with van der Waals surface area (Å²) in [4.78, 5) is 2.74. The number of hydrogen-bond donors (Lipinski definition) is 0. The summed E-state index contributed by atoms with van der Waals surface area (Å²) in [5.41, 5.74) is 19.4. The Morgan fingerprint density at radius 2 is 0.902 bits per heavy atom. The first-order chi connectivity index (χ1) is 29.2. The molecular weight excluding hydrogens is 735 g/mol. The zero-order valence-electron chi connectivity index (χ0n) is 38.1. The molecule has 7 aliphatic rings. The highest BCUT2D eigenvalue weighted by Gasteiger charge is 2.61. The van der Waals surface area contributed by atoms with Gasteiger partial charge in [-0.25, -0.2) is 0 Å². The zero-order chi connectivity index (χ0) is 41.8. The molecule has 1 nitrogen and oxygen atoms in total. The smallest absolute Gasteiger partial charge is 0.0543 e. The second kappa shape index (κ2) is 12.7. The predicted molar refractivity (Wildman–Crippen MR) is 258 cm³/mol. The maximum atomic E-state index is 2.78. The summed E-state index contributed by atoms with van der Waals surface area (Å²) < 4.78 is 0. The van der Waals surface area contributed by atoms with Gasteiger partial charge in [-0.1, -0.05) is 134 Å². The van der Waals surface area contributed by atoms with Crippen LogP contribution < -0.4 is 4.90 Å². The Morgan fingerprint density at radius 1 is 0.393 bits per heavy atom. The van der Waals surface area contributed by atoms with Crippen molar-refractivity contribution < 1.29 is 0 Å². The van der Waals surface area contributed by atoms with Crippen molar-refractivity contribution in [1.29, 1.82) is 0 Å². The van der Waals surface area contributed by atoms with Crippen molar-refractivity contribution in [2.45, 2.75) is 140 Å². The molecule has 0 radical (unpaired) electrons. The Labute approximate surface area is 366 Å². The molecule has 0 saturated heterocycles. The van der Waals surface area contributed by atoms with Crippen LogP contribution in [0.15, 0.2) is 115 Å². The van der Waals surface area contributed by atoms with E-state index in [1.54, 1.807) is 11.1 Å². The largest absolute Gasteiger partial charge is 0.310 e. The molecule has 0 atom stereocenters. The zero-order valence-corrected chi connectivity index (χ0v) is 38.1. The third-order valence-electron chi connectivity index (χ3n) is 18.2. The molecule has 0 aliphatic heterocycles. The summed E-state index contributed by atoms with van der Waals surface area (Å²) in [6, 6.07) is 46.5. The van der Waals surface area contributed by atoms with Gasteiger partial charge in [0.25, 0.3) is 0 Å². The predicted octanol–water partition coefficient (Wildman–Crippen LogP) is 16.4.